The SMILES string of the molecule is Cc1nc(C)c(C(=O)Nc2ccc(Cl)cc2)s1. The highest BCUT2D eigenvalue weighted by Gasteiger charge is 2.13. The summed E-state index contributed by atoms with van der Waals surface area (Å²) in [7, 11) is 0. The number of aryl methyl sites for hydroxylation is 2. The van der Waals surface area contributed by atoms with Gasteiger partial charge in [0.15, 0.2) is 0 Å². The Morgan fingerprint density at radius 2 is 1.94 bits per heavy atom. The van der Waals surface area contributed by atoms with Crippen molar-refractivity contribution in [2.24, 2.45) is 0 Å². The average molecular weight is 267 g/mol. The Morgan fingerprint density at radius 3 is 2.47 bits per heavy atom. The van der Waals surface area contributed by atoms with Crippen molar-refractivity contribution in [3.8, 4) is 0 Å². The predicted octanol–water partition coefficient (Wildman–Crippen LogP) is 3.67. The van der Waals surface area contributed by atoms with E-state index in [4.69, 9.17) is 11.6 Å². The van der Waals surface area contributed by atoms with Crippen molar-refractivity contribution in [3.63, 3.8) is 0 Å². The number of rotatable bonds is 2. The minimum atomic E-state index is -0.129. The summed E-state index contributed by atoms with van der Waals surface area (Å²) in [5.74, 6) is -0.129. The van der Waals surface area contributed by atoms with Gasteiger partial charge < -0.3 is 5.32 Å². The summed E-state index contributed by atoms with van der Waals surface area (Å²) in [6.45, 7) is 3.72. The minimum Gasteiger partial charge on any atom is -0.321 e. The van der Waals surface area contributed by atoms with E-state index in [1.54, 1.807) is 24.3 Å². The Bertz CT molecular complexity index is 548. The van der Waals surface area contributed by atoms with Crippen LogP contribution in [0.2, 0.25) is 5.02 Å². The monoisotopic (exact) mass is 266 g/mol. The number of benzene rings is 1. The van der Waals surface area contributed by atoms with E-state index in [2.05, 4.69) is 10.3 Å². The molecule has 0 radical (unpaired) electrons. The molecule has 0 aliphatic heterocycles. The van der Waals surface area contributed by atoms with Crippen molar-refractivity contribution in [2.75, 3.05) is 5.32 Å². The molecule has 1 heterocycles. The van der Waals surface area contributed by atoms with Crippen molar-refractivity contribution < 1.29 is 4.79 Å². The molecule has 0 saturated heterocycles. The van der Waals surface area contributed by atoms with Gasteiger partial charge in [0.05, 0.1) is 10.7 Å². The van der Waals surface area contributed by atoms with Crippen LogP contribution < -0.4 is 5.32 Å². The van der Waals surface area contributed by atoms with Crippen LogP contribution in [0.15, 0.2) is 24.3 Å². The summed E-state index contributed by atoms with van der Waals surface area (Å²) in [6, 6.07) is 7.01. The van der Waals surface area contributed by atoms with Gasteiger partial charge >= 0.3 is 0 Å². The summed E-state index contributed by atoms with van der Waals surface area (Å²) in [6.07, 6.45) is 0. The van der Waals surface area contributed by atoms with E-state index in [0.717, 1.165) is 16.4 Å². The van der Waals surface area contributed by atoms with Gasteiger partial charge in [-0.3, -0.25) is 4.79 Å². The molecule has 2 rings (SSSR count). The molecule has 88 valence electrons. The first kappa shape index (κ1) is 12.1. The second-order valence-corrected chi connectivity index (χ2v) is 5.25. The molecule has 5 heteroatoms. The lowest BCUT2D eigenvalue weighted by Crippen LogP contribution is -2.11. The highest BCUT2D eigenvalue weighted by atomic mass is 35.5. The largest absolute Gasteiger partial charge is 0.321 e. The fraction of sp³-hybridized carbons (Fsp3) is 0.167. The molecule has 0 aliphatic rings. The Balaban J connectivity index is 2.17. The number of nitrogens with one attached hydrogen (secondary N) is 1. The van der Waals surface area contributed by atoms with Crippen molar-refractivity contribution >= 4 is 34.5 Å². The molecule has 0 saturated carbocycles. The fourth-order valence-corrected chi connectivity index (χ4v) is 2.40. The van der Waals surface area contributed by atoms with E-state index in [9.17, 15) is 4.79 Å². The molecule has 3 nitrogen and oxygen atoms in total. The summed E-state index contributed by atoms with van der Waals surface area (Å²) in [4.78, 5) is 16.8. The third kappa shape index (κ3) is 2.84. The molecular weight excluding hydrogens is 256 g/mol. The molecule has 0 atom stereocenters. The molecule has 1 aromatic heterocycles. The Kier molecular flexibility index (Phi) is 3.45. The van der Waals surface area contributed by atoms with Crippen molar-refractivity contribution in [1.29, 1.82) is 0 Å². The lowest BCUT2D eigenvalue weighted by molar-refractivity contribution is 0.103. The molecule has 1 N–H and O–H groups in total. The average Bonchev–Trinajstić information content (AvgIpc) is 2.61. The zero-order valence-electron chi connectivity index (χ0n) is 9.45. The predicted molar refractivity (Wildman–Crippen MR) is 71.0 cm³/mol. The Hall–Kier alpha value is -1.39. The van der Waals surface area contributed by atoms with Gasteiger partial charge in [-0.25, -0.2) is 4.98 Å². The smallest absolute Gasteiger partial charge is 0.267 e. The van der Waals surface area contributed by atoms with Crippen molar-refractivity contribution in [1.82, 2.24) is 4.98 Å². The zero-order valence-corrected chi connectivity index (χ0v) is 11.0. The lowest BCUT2D eigenvalue weighted by Gasteiger charge is -2.03. The molecule has 1 aromatic carbocycles. The van der Waals surface area contributed by atoms with Crippen LogP contribution in [0, 0.1) is 13.8 Å². The lowest BCUT2D eigenvalue weighted by atomic mass is 10.3. The van der Waals surface area contributed by atoms with Gasteiger partial charge in [0, 0.05) is 10.7 Å². The van der Waals surface area contributed by atoms with Crippen LogP contribution >= 0.6 is 22.9 Å². The van der Waals surface area contributed by atoms with Gasteiger partial charge in [-0.2, -0.15) is 0 Å². The first-order valence-corrected chi connectivity index (χ1v) is 6.26. The number of anilines is 1. The maximum Gasteiger partial charge on any atom is 0.267 e. The molecule has 0 aliphatic carbocycles. The van der Waals surface area contributed by atoms with Gasteiger partial charge in [-0.05, 0) is 38.1 Å². The molecule has 1 amide bonds. The highest BCUT2D eigenvalue weighted by molar-refractivity contribution is 7.13. The maximum absolute atomic E-state index is 12.0. The van der Waals surface area contributed by atoms with E-state index in [0.29, 0.717) is 9.90 Å². The fourth-order valence-electron chi connectivity index (χ4n) is 1.46. The quantitative estimate of drug-likeness (QED) is 0.901. The molecule has 17 heavy (non-hydrogen) atoms. The van der Waals surface area contributed by atoms with E-state index >= 15 is 0 Å². The van der Waals surface area contributed by atoms with E-state index in [-0.39, 0.29) is 5.91 Å². The van der Waals surface area contributed by atoms with Gasteiger partial charge in [0.2, 0.25) is 0 Å². The molecule has 0 spiro atoms. The second kappa shape index (κ2) is 4.85. The number of carbonyl (C=O) groups excluding carboxylic acids is 1. The maximum atomic E-state index is 12.0. The van der Waals surface area contributed by atoms with E-state index < -0.39 is 0 Å². The summed E-state index contributed by atoms with van der Waals surface area (Å²) >= 11 is 7.17. The summed E-state index contributed by atoms with van der Waals surface area (Å²) < 4.78 is 0. The zero-order chi connectivity index (χ0) is 12.4. The van der Waals surface area contributed by atoms with Crippen LogP contribution in [0.1, 0.15) is 20.4 Å². The number of amides is 1. The standard InChI is InChI=1S/C12H11ClN2OS/c1-7-11(17-8(2)14-7)12(16)15-10-5-3-9(13)4-6-10/h3-6H,1-2H3,(H,15,16). The third-order valence-corrected chi connectivity index (χ3v) is 3.54. The van der Waals surface area contributed by atoms with Crippen LogP contribution in [-0.4, -0.2) is 10.9 Å². The van der Waals surface area contributed by atoms with Crippen molar-refractivity contribution in [3.05, 3.63) is 44.9 Å². The van der Waals surface area contributed by atoms with Crippen LogP contribution in [0.5, 0.6) is 0 Å². The van der Waals surface area contributed by atoms with Crippen LogP contribution in [0.3, 0.4) is 0 Å². The van der Waals surface area contributed by atoms with Gasteiger partial charge in [0.1, 0.15) is 4.88 Å². The molecule has 2 aromatic rings. The number of carbonyl (C=O) groups is 1. The van der Waals surface area contributed by atoms with Crippen LogP contribution in [-0.2, 0) is 0 Å². The highest BCUT2D eigenvalue weighted by Crippen LogP contribution is 2.19. The molecule has 0 bridgehead atoms. The van der Waals surface area contributed by atoms with Crippen LogP contribution in [0.25, 0.3) is 0 Å². The molecule has 0 fully saturated rings. The van der Waals surface area contributed by atoms with Crippen molar-refractivity contribution in [2.45, 2.75) is 13.8 Å². The minimum absolute atomic E-state index is 0.129. The number of thiazole rings is 1. The summed E-state index contributed by atoms with van der Waals surface area (Å²) in [5, 5.41) is 4.35. The van der Waals surface area contributed by atoms with Crippen LogP contribution in [0.4, 0.5) is 5.69 Å². The van der Waals surface area contributed by atoms with Gasteiger partial charge in [-0.1, -0.05) is 11.6 Å². The summed E-state index contributed by atoms with van der Waals surface area (Å²) in [5.41, 5.74) is 1.49. The first-order chi connectivity index (χ1) is 8.06. The number of hydrogen-bond donors (Lipinski definition) is 1. The van der Waals surface area contributed by atoms with E-state index in [1.165, 1.54) is 11.3 Å². The van der Waals surface area contributed by atoms with Gasteiger partial charge in [0.25, 0.3) is 5.91 Å². The molecular formula is C12H11ClN2OS. The topological polar surface area (TPSA) is 42.0 Å². The number of hydrogen-bond acceptors (Lipinski definition) is 3. The van der Waals surface area contributed by atoms with Gasteiger partial charge in [-0.15, -0.1) is 11.3 Å². The van der Waals surface area contributed by atoms with E-state index in [1.807, 2.05) is 13.8 Å². The Morgan fingerprint density at radius 1 is 1.29 bits per heavy atom. The number of halogens is 1. The number of aromatic nitrogens is 1. The number of nitrogens with zero attached hydrogens (tertiary/aromatic N) is 1. The third-order valence-electron chi connectivity index (χ3n) is 2.21. The normalized spacial score (nSPS) is 10.3. The second-order valence-electron chi connectivity index (χ2n) is 3.61. The molecule has 0 unspecified atom stereocenters. The Labute approximate surface area is 108 Å². The first-order valence-electron chi connectivity index (χ1n) is 5.07.